The number of imidazole rings is 1. The predicted molar refractivity (Wildman–Crippen MR) is 148 cm³/mol. The summed E-state index contributed by atoms with van der Waals surface area (Å²) in [7, 11) is -4.88. The number of nitrogens with two attached hydrogens (primary N) is 1. The summed E-state index contributed by atoms with van der Waals surface area (Å²) < 4.78 is 30.3. The van der Waals surface area contributed by atoms with Gasteiger partial charge in [-0.3, -0.25) is 9.09 Å². The lowest BCUT2D eigenvalue weighted by molar-refractivity contribution is -0.0709. The molecule has 1 saturated heterocycles. The summed E-state index contributed by atoms with van der Waals surface area (Å²) in [6.45, 7) is 2.09. The van der Waals surface area contributed by atoms with E-state index < -0.39 is 39.0 Å². The van der Waals surface area contributed by atoms with E-state index in [1.54, 1.807) is 4.57 Å². The second-order valence-corrected chi connectivity index (χ2v) is 11.5. The van der Waals surface area contributed by atoms with Crippen molar-refractivity contribution in [3.05, 3.63) is 12.7 Å². The number of aliphatic hydroxyl groups is 1. The highest BCUT2D eigenvalue weighted by Crippen LogP contribution is 2.45. The maximum atomic E-state index is 11.7. The zero-order chi connectivity index (χ0) is 28.1. The molecule has 2 aromatic rings. The summed E-state index contributed by atoms with van der Waals surface area (Å²) in [5.41, 5.74) is 6.65. The number of hydrogen-bond donors (Lipinski definition) is 4. The molecule has 0 aliphatic carbocycles. The molecule has 222 valence electrons. The third-order valence-electron chi connectivity index (χ3n) is 7.19. The first-order valence-corrected chi connectivity index (χ1v) is 15.9. The van der Waals surface area contributed by atoms with Crippen LogP contribution in [0.25, 0.3) is 11.2 Å². The Morgan fingerprint density at radius 2 is 1.51 bits per heavy atom. The first-order chi connectivity index (χ1) is 18.9. The van der Waals surface area contributed by atoms with Crippen LogP contribution >= 0.6 is 7.82 Å². The molecule has 0 radical (unpaired) electrons. The number of nitrogens with zero attached hydrogens (tertiary/aromatic N) is 4. The molecule has 13 heteroatoms. The molecule has 2 aromatic heterocycles. The number of phosphoric ester groups is 1. The predicted octanol–water partition coefficient (Wildman–Crippen LogP) is 4.64. The van der Waals surface area contributed by atoms with Gasteiger partial charge in [-0.2, -0.15) is 0 Å². The molecule has 0 saturated carbocycles. The standard InChI is InChI=1S/C26H46N5O7P/c1-2-3-4-5-6-7-8-9-10-11-12-13-14-15-16-36-23-22(38-39(33,34)35)20(17-32)37-26(23)31-19-30-21-24(27)28-18-29-25(21)31/h18-20,22-23,26,32H,2-17H2,1H3,(H2,27,28,29)(H2,33,34,35)/t20-,22-,23-,26-/m1/s1. The van der Waals surface area contributed by atoms with Crippen molar-refractivity contribution in [1.82, 2.24) is 19.5 Å². The van der Waals surface area contributed by atoms with Gasteiger partial charge in [-0.1, -0.05) is 90.4 Å². The van der Waals surface area contributed by atoms with E-state index in [4.69, 9.17) is 19.7 Å². The number of aliphatic hydroxyl groups excluding tert-OH is 1. The normalized spacial score (nSPS) is 21.7. The summed E-state index contributed by atoms with van der Waals surface area (Å²) in [5, 5.41) is 9.84. The van der Waals surface area contributed by atoms with Crippen LogP contribution in [0.1, 0.15) is 103 Å². The van der Waals surface area contributed by atoms with E-state index >= 15 is 0 Å². The highest BCUT2D eigenvalue weighted by molar-refractivity contribution is 7.46. The van der Waals surface area contributed by atoms with Gasteiger partial charge in [0, 0.05) is 6.61 Å². The Hall–Kier alpha value is -1.66. The van der Waals surface area contributed by atoms with Crippen molar-refractivity contribution in [2.75, 3.05) is 18.9 Å². The Morgan fingerprint density at radius 3 is 2.08 bits per heavy atom. The molecule has 0 aromatic carbocycles. The van der Waals surface area contributed by atoms with Crippen molar-refractivity contribution in [3.8, 4) is 0 Å². The van der Waals surface area contributed by atoms with Crippen molar-refractivity contribution >= 4 is 24.8 Å². The molecule has 1 aliphatic rings. The highest BCUT2D eigenvalue weighted by atomic mass is 31.2. The zero-order valence-electron chi connectivity index (χ0n) is 23.1. The van der Waals surface area contributed by atoms with Gasteiger partial charge < -0.3 is 30.1 Å². The Kier molecular flexibility index (Phi) is 13.5. The van der Waals surface area contributed by atoms with Crippen LogP contribution < -0.4 is 5.73 Å². The van der Waals surface area contributed by atoms with E-state index in [2.05, 4.69) is 21.9 Å². The van der Waals surface area contributed by atoms with Crippen molar-refractivity contribution in [2.45, 2.75) is 121 Å². The molecule has 5 N–H and O–H groups in total. The topological polar surface area (TPSA) is 175 Å². The number of phosphoric acid groups is 1. The lowest BCUT2D eigenvalue weighted by atomic mass is 10.0. The molecule has 3 rings (SSSR count). The summed E-state index contributed by atoms with van der Waals surface area (Å²) in [6, 6.07) is 0. The lowest BCUT2D eigenvalue weighted by Crippen LogP contribution is -2.37. The molecule has 39 heavy (non-hydrogen) atoms. The molecule has 3 heterocycles. The fourth-order valence-corrected chi connectivity index (χ4v) is 5.69. The molecular formula is C26H46N5O7P. The number of hydrogen-bond acceptors (Lipinski definition) is 9. The van der Waals surface area contributed by atoms with Crippen LogP contribution in [0.15, 0.2) is 12.7 Å². The second kappa shape index (κ2) is 16.6. The van der Waals surface area contributed by atoms with E-state index in [1.165, 1.54) is 83.3 Å². The minimum Gasteiger partial charge on any atom is -0.394 e. The summed E-state index contributed by atoms with van der Waals surface area (Å²) in [4.78, 5) is 31.4. The molecule has 0 unspecified atom stereocenters. The lowest BCUT2D eigenvalue weighted by Gasteiger charge is -2.25. The second-order valence-electron chi connectivity index (χ2n) is 10.3. The van der Waals surface area contributed by atoms with E-state index in [1.807, 2.05) is 0 Å². The number of unbranched alkanes of at least 4 members (excludes halogenated alkanes) is 13. The van der Waals surface area contributed by atoms with Crippen LogP contribution in [0.2, 0.25) is 0 Å². The molecule has 1 fully saturated rings. The molecule has 4 atom stereocenters. The summed E-state index contributed by atoms with van der Waals surface area (Å²) in [6.07, 6.45) is 16.1. The number of fused-ring (bicyclic) bond motifs is 1. The largest absolute Gasteiger partial charge is 0.470 e. The Bertz CT molecular complexity index is 1020. The molecule has 1 aliphatic heterocycles. The smallest absolute Gasteiger partial charge is 0.394 e. The van der Waals surface area contributed by atoms with Crippen LogP contribution in [0, 0.1) is 0 Å². The molecular weight excluding hydrogens is 525 g/mol. The zero-order valence-corrected chi connectivity index (χ0v) is 24.0. The van der Waals surface area contributed by atoms with Gasteiger partial charge in [0.1, 0.15) is 30.2 Å². The number of rotatable bonds is 20. The van der Waals surface area contributed by atoms with Crippen LogP contribution in [0.4, 0.5) is 5.82 Å². The Balaban J connectivity index is 1.44. The third-order valence-corrected chi connectivity index (χ3v) is 7.71. The van der Waals surface area contributed by atoms with Gasteiger partial charge in [0.2, 0.25) is 0 Å². The van der Waals surface area contributed by atoms with Gasteiger partial charge in [0.05, 0.1) is 12.9 Å². The van der Waals surface area contributed by atoms with Crippen molar-refractivity contribution in [2.24, 2.45) is 0 Å². The first-order valence-electron chi connectivity index (χ1n) is 14.4. The third kappa shape index (κ3) is 10.0. The first kappa shape index (κ1) is 31.9. The molecule has 0 bridgehead atoms. The van der Waals surface area contributed by atoms with Crippen molar-refractivity contribution in [1.29, 1.82) is 0 Å². The Morgan fingerprint density at radius 1 is 0.923 bits per heavy atom. The van der Waals surface area contributed by atoms with Gasteiger partial charge in [-0.25, -0.2) is 19.5 Å². The number of ether oxygens (including phenoxy) is 2. The van der Waals surface area contributed by atoms with Crippen LogP contribution in [-0.2, 0) is 18.6 Å². The number of aromatic nitrogens is 4. The molecule has 12 nitrogen and oxygen atoms in total. The maximum Gasteiger partial charge on any atom is 0.470 e. The van der Waals surface area contributed by atoms with E-state index in [9.17, 15) is 19.5 Å². The average Bonchev–Trinajstić information content (AvgIpc) is 3.47. The van der Waals surface area contributed by atoms with E-state index in [0.29, 0.717) is 17.8 Å². The van der Waals surface area contributed by atoms with Crippen molar-refractivity contribution in [3.63, 3.8) is 0 Å². The SMILES string of the molecule is CCCCCCCCCCCCCCCCO[C@@H]1[C@H](OP(=O)(O)O)[C@@H](CO)O[C@H]1n1cnc2c(N)ncnc21. The maximum absolute atomic E-state index is 11.7. The Labute approximate surface area is 230 Å². The average molecular weight is 572 g/mol. The summed E-state index contributed by atoms with van der Waals surface area (Å²) in [5.74, 6) is 0.193. The van der Waals surface area contributed by atoms with Gasteiger partial charge in [0.15, 0.2) is 17.7 Å². The van der Waals surface area contributed by atoms with Crippen LogP contribution in [0.5, 0.6) is 0 Å². The number of anilines is 1. The summed E-state index contributed by atoms with van der Waals surface area (Å²) >= 11 is 0. The molecule has 0 amide bonds. The van der Waals surface area contributed by atoms with Gasteiger partial charge in [-0.15, -0.1) is 0 Å². The van der Waals surface area contributed by atoms with E-state index in [0.717, 1.165) is 19.3 Å². The van der Waals surface area contributed by atoms with E-state index in [-0.39, 0.29) is 5.82 Å². The van der Waals surface area contributed by atoms with Crippen LogP contribution in [-0.4, -0.2) is 65.9 Å². The fourth-order valence-electron chi connectivity index (χ4n) is 5.11. The minimum atomic E-state index is -4.88. The van der Waals surface area contributed by atoms with Gasteiger partial charge in [0.25, 0.3) is 0 Å². The number of nitrogen functional groups attached to an aromatic ring is 1. The van der Waals surface area contributed by atoms with Crippen molar-refractivity contribution < 1.29 is 33.5 Å². The highest BCUT2D eigenvalue weighted by Gasteiger charge is 2.50. The monoisotopic (exact) mass is 571 g/mol. The van der Waals surface area contributed by atoms with Gasteiger partial charge in [-0.05, 0) is 6.42 Å². The minimum absolute atomic E-state index is 0.193. The quantitative estimate of drug-likeness (QED) is 0.129. The van der Waals surface area contributed by atoms with Crippen LogP contribution in [0.3, 0.4) is 0 Å². The molecule has 0 spiro atoms. The fraction of sp³-hybridized carbons (Fsp3) is 0.808. The van der Waals surface area contributed by atoms with Gasteiger partial charge >= 0.3 is 7.82 Å².